The van der Waals surface area contributed by atoms with Gasteiger partial charge in [-0.05, 0) is 38.0 Å². The summed E-state index contributed by atoms with van der Waals surface area (Å²) in [6, 6.07) is 6.73. The van der Waals surface area contributed by atoms with Crippen molar-refractivity contribution in [3.8, 4) is 11.3 Å². The number of aromatic nitrogens is 2. The van der Waals surface area contributed by atoms with Crippen LogP contribution in [-0.2, 0) is 0 Å². The summed E-state index contributed by atoms with van der Waals surface area (Å²) >= 11 is 6.32. The molecule has 0 amide bonds. The Hall–Kier alpha value is -1.28. The largest absolute Gasteiger partial charge is 0.341 e. The zero-order valence-corrected chi connectivity index (χ0v) is 9.91. The molecule has 1 aliphatic carbocycles. The molecule has 2 heterocycles. The van der Waals surface area contributed by atoms with Crippen molar-refractivity contribution in [1.29, 1.82) is 0 Å². The van der Waals surface area contributed by atoms with Crippen LogP contribution in [0.1, 0.15) is 24.6 Å². The van der Waals surface area contributed by atoms with E-state index < -0.39 is 0 Å². The van der Waals surface area contributed by atoms with Crippen molar-refractivity contribution in [3.05, 3.63) is 41.3 Å². The van der Waals surface area contributed by atoms with Crippen LogP contribution in [0.25, 0.3) is 11.3 Å². The second kappa shape index (κ2) is 3.63. The molecule has 0 unspecified atom stereocenters. The van der Waals surface area contributed by atoms with E-state index in [0.29, 0.717) is 6.04 Å². The Morgan fingerprint density at radius 3 is 2.62 bits per heavy atom. The van der Waals surface area contributed by atoms with E-state index in [1.54, 1.807) is 0 Å². The molecule has 82 valence electrons. The number of nitrogens with zero attached hydrogens (tertiary/aromatic N) is 2. The summed E-state index contributed by atoms with van der Waals surface area (Å²) in [5, 5.41) is 0.843. The van der Waals surface area contributed by atoms with Gasteiger partial charge in [-0.1, -0.05) is 11.6 Å². The average molecular weight is 233 g/mol. The molecule has 3 rings (SSSR count). The molecule has 1 fully saturated rings. The Morgan fingerprint density at radius 1 is 1.31 bits per heavy atom. The molecule has 0 atom stereocenters. The maximum atomic E-state index is 6.32. The van der Waals surface area contributed by atoms with Crippen molar-refractivity contribution in [2.45, 2.75) is 25.8 Å². The van der Waals surface area contributed by atoms with Gasteiger partial charge in [-0.2, -0.15) is 0 Å². The summed E-state index contributed by atoms with van der Waals surface area (Å²) in [5.74, 6) is 0. The highest BCUT2D eigenvalue weighted by molar-refractivity contribution is 6.33. The normalized spacial score (nSPS) is 15.4. The predicted molar refractivity (Wildman–Crippen MR) is 65.7 cm³/mol. The van der Waals surface area contributed by atoms with Crippen LogP contribution in [0.5, 0.6) is 0 Å². The molecule has 0 bridgehead atoms. The van der Waals surface area contributed by atoms with Gasteiger partial charge in [0.1, 0.15) is 0 Å². The molecule has 2 aromatic rings. The van der Waals surface area contributed by atoms with Crippen molar-refractivity contribution in [2.75, 3.05) is 0 Å². The molecule has 2 nitrogen and oxygen atoms in total. The second-order valence-electron chi connectivity index (χ2n) is 4.32. The van der Waals surface area contributed by atoms with Crippen LogP contribution in [0.3, 0.4) is 0 Å². The van der Waals surface area contributed by atoms with Crippen LogP contribution >= 0.6 is 11.6 Å². The maximum absolute atomic E-state index is 6.32. The van der Waals surface area contributed by atoms with Gasteiger partial charge in [-0.15, -0.1) is 0 Å². The van der Waals surface area contributed by atoms with E-state index in [9.17, 15) is 0 Å². The van der Waals surface area contributed by atoms with E-state index >= 15 is 0 Å². The van der Waals surface area contributed by atoms with Crippen LogP contribution in [0.15, 0.2) is 30.6 Å². The van der Waals surface area contributed by atoms with Crippen molar-refractivity contribution in [3.63, 3.8) is 0 Å². The minimum atomic E-state index is 0.649. The van der Waals surface area contributed by atoms with Gasteiger partial charge >= 0.3 is 0 Å². The third-order valence-corrected chi connectivity index (χ3v) is 3.34. The van der Waals surface area contributed by atoms with Crippen LogP contribution in [0, 0.1) is 6.92 Å². The fraction of sp³-hybridized carbons (Fsp3) is 0.308. The first-order valence-corrected chi connectivity index (χ1v) is 5.93. The van der Waals surface area contributed by atoms with Gasteiger partial charge < -0.3 is 4.57 Å². The fourth-order valence-electron chi connectivity index (χ4n) is 2.20. The highest BCUT2D eigenvalue weighted by atomic mass is 35.5. The Balaban J connectivity index is 2.19. The molecular weight excluding hydrogens is 220 g/mol. The molecule has 0 aromatic carbocycles. The Morgan fingerprint density at radius 2 is 2.00 bits per heavy atom. The number of rotatable bonds is 2. The molecule has 1 saturated carbocycles. The second-order valence-corrected chi connectivity index (χ2v) is 4.73. The van der Waals surface area contributed by atoms with Gasteiger partial charge in [-0.3, -0.25) is 4.98 Å². The third kappa shape index (κ3) is 1.54. The van der Waals surface area contributed by atoms with E-state index in [0.717, 1.165) is 16.3 Å². The fourth-order valence-corrected chi connectivity index (χ4v) is 2.56. The van der Waals surface area contributed by atoms with Gasteiger partial charge in [-0.25, -0.2) is 0 Å². The molecular formula is C13H13ClN2. The van der Waals surface area contributed by atoms with Gasteiger partial charge in [0.2, 0.25) is 0 Å². The standard InChI is InChI=1S/C13H13ClN2/c1-9-8-12(14)13(16(9)11-2-3-11)10-4-6-15-7-5-10/h4-8,11H,2-3H2,1H3. The molecule has 0 radical (unpaired) electrons. The van der Waals surface area contributed by atoms with Crippen LogP contribution in [-0.4, -0.2) is 9.55 Å². The summed E-state index contributed by atoms with van der Waals surface area (Å²) in [7, 11) is 0. The van der Waals surface area contributed by atoms with E-state index in [2.05, 4.69) is 22.5 Å². The summed E-state index contributed by atoms with van der Waals surface area (Å²) < 4.78 is 2.36. The quantitative estimate of drug-likeness (QED) is 0.769. The Labute approximate surface area is 99.9 Å². The van der Waals surface area contributed by atoms with E-state index in [1.165, 1.54) is 18.5 Å². The van der Waals surface area contributed by atoms with E-state index in [-0.39, 0.29) is 0 Å². The van der Waals surface area contributed by atoms with Crippen molar-refractivity contribution in [1.82, 2.24) is 9.55 Å². The molecule has 0 N–H and O–H groups in total. The van der Waals surface area contributed by atoms with Crippen molar-refractivity contribution in [2.24, 2.45) is 0 Å². The van der Waals surface area contributed by atoms with Gasteiger partial charge in [0.15, 0.2) is 0 Å². The highest BCUT2D eigenvalue weighted by Gasteiger charge is 2.28. The first-order chi connectivity index (χ1) is 7.77. The number of pyridine rings is 1. The molecule has 0 saturated heterocycles. The number of hydrogen-bond acceptors (Lipinski definition) is 1. The summed E-state index contributed by atoms with van der Waals surface area (Å²) in [4.78, 5) is 4.05. The molecule has 0 aliphatic heterocycles. The van der Waals surface area contributed by atoms with Crippen molar-refractivity contribution < 1.29 is 0 Å². The minimum Gasteiger partial charge on any atom is -0.341 e. The minimum absolute atomic E-state index is 0.649. The first-order valence-electron chi connectivity index (χ1n) is 5.55. The number of hydrogen-bond donors (Lipinski definition) is 0. The lowest BCUT2D eigenvalue weighted by Crippen LogP contribution is -1.98. The lowest BCUT2D eigenvalue weighted by molar-refractivity contribution is 0.730. The molecule has 2 aromatic heterocycles. The highest BCUT2D eigenvalue weighted by Crippen LogP contribution is 2.43. The lowest BCUT2D eigenvalue weighted by atomic mass is 10.2. The first kappa shape index (κ1) is 9.91. The monoisotopic (exact) mass is 232 g/mol. The smallest absolute Gasteiger partial charge is 0.0675 e. The maximum Gasteiger partial charge on any atom is 0.0675 e. The van der Waals surface area contributed by atoms with Crippen LogP contribution in [0.4, 0.5) is 0 Å². The summed E-state index contributed by atoms with van der Waals surface area (Å²) in [6.45, 7) is 2.12. The SMILES string of the molecule is Cc1cc(Cl)c(-c2ccncc2)n1C1CC1. The molecule has 16 heavy (non-hydrogen) atoms. The van der Waals surface area contributed by atoms with Gasteiger partial charge in [0, 0.05) is 29.7 Å². The summed E-state index contributed by atoms with van der Waals surface area (Å²) in [6.07, 6.45) is 6.16. The summed E-state index contributed by atoms with van der Waals surface area (Å²) in [5.41, 5.74) is 3.54. The molecule has 0 spiro atoms. The van der Waals surface area contributed by atoms with E-state index in [1.807, 2.05) is 24.5 Å². The Bertz CT molecular complexity index is 512. The van der Waals surface area contributed by atoms with Crippen LogP contribution in [0.2, 0.25) is 5.02 Å². The van der Waals surface area contributed by atoms with E-state index in [4.69, 9.17) is 11.6 Å². The molecule has 3 heteroatoms. The lowest BCUT2D eigenvalue weighted by Gasteiger charge is -2.10. The Kier molecular flexibility index (Phi) is 2.25. The third-order valence-electron chi connectivity index (χ3n) is 3.05. The predicted octanol–water partition coefficient (Wildman–Crippen LogP) is 3.85. The topological polar surface area (TPSA) is 17.8 Å². The van der Waals surface area contributed by atoms with Crippen molar-refractivity contribution >= 4 is 11.6 Å². The molecule has 1 aliphatic rings. The number of aryl methyl sites for hydroxylation is 1. The van der Waals surface area contributed by atoms with Gasteiger partial charge in [0.05, 0.1) is 10.7 Å². The average Bonchev–Trinajstić information content (AvgIpc) is 3.06. The van der Waals surface area contributed by atoms with Gasteiger partial charge in [0.25, 0.3) is 0 Å². The van der Waals surface area contributed by atoms with Crippen LogP contribution < -0.4 is 0 Å². The zero-order chi connectivity index (χ0) is 11.1. The number of halogens is 1. The zero-order valence-electron chi connectivity index (χ0n) is 9.15.